The number of carbonyl (C=O) groups is 2. The molecule has 4 rings (SSSR count). The number of carbonyl (C=O) groups excluding carboxylic acids is 2. The minimum Gasteiger partial charge on any atom is -0.378 e. The van der Waals surface area contributed by atoms with Crippen molar-refractivity contribution < 1.29 is 14.3 Å². The zero-order chi connectivity index (χ0) is 18.3. The number of pyridine rings is 1. The first-order chi connectivity index (χ1) is 12.5. The van der Waals surface area contributed by atoms with Gasteiger partial charge in [0.1, 0.15) is 9.71 Å². The highest BCUT2D eigenvalue weighted by Crippen LogP contribution is 2.39. The summed E-state index contributed by atoms with van der Waals surface area (Å²) < 4.78 is 5.36. The van der Waals surface area contributed by atoms with Crippen LogP contribution in [0.25, 0.3) is 10.2 Å². The van der Waals surface area contributed by atoms with Crippen molar-refractivity contribution in [3.8, 4) is 0 Å². The molecule has 2 fully saturated rings. The molecule has 1 aliphatic heterocycles. The predicted octanol–water partition coefficient (Wildman–Crippen LogP) is 3.12. The second kappa shape index (κ2) is 6.96. The Balaban J connectivity index is 1.76. The Bertz CT molecular complexity index is 867. The van der Waals surface area contributed by atoms with Gasteiger partial charge in [-0.3, -0.25) is 9.59 Å². The van der Waals surface area contributed by atoms with Gasteiger partial charge in [-0.05, 0) is 38.3 Å². The molecule has 2 aromatic rings. The van der Waals surface area contributed by atoms with E-state index in [0.29, 0.717) is 36.9 Å². The summed E-state index contributed by atoms with van der Waals surface area (Å²) in [5.41, 5.74) is 2.59. The number of nitrogens with zero attached hydrogens (tertiary/aromatic N) is 2. The van der Waals surface area contributed by atoms with Crippen molar-refractivity contribution in [3.05, 3.63) is 22.2 Å². The molecular formula is C19H23N3O3S. The lowest BCUT2D eigenvalue weighted by atomic mass is 9.85. The second-order valence-electron chi connectivity index (χ2n) is 7.09. The summed E-state index contributed by atoms with van der Waals surface area (Å²) in [5, 5.41) is 3.96. The van der Waals surface area contributed by atoms with Gasteiger partial charge in [-0.25, -0.2) is 4.98 Å². The van der Waals surface area contributed by atoms with E-state index in [1.807, 2.05) is 19.9 Å². The van der Waals surface area contributed by atoms with Gasteiger partial charge in [0, 0.05) is 30.1 Å². The molecule has 7 heteroatoms. The molecule has 2 aromatic heterocycles. The first-order valence-corrected chi connectivity index (χ1v) is 9.95. The molecule has 0 unspecified atom stereocenters. The van der Waals surface area contributed by atoms with Crippen molar-refractivity contribution in [2.75, 3.05) is 31.6 Å². The van der Waals surface area contributed by atoms with Crippen LogP contribution in [0.5, 0.6) is 0 Å². The molecule has 0 radical (unpaired) electrons. The Morgan fingerprint density at radius 2 is 2.00 bits per heavy atom. The number of aromatic nitrogens is 1. The van der Waals surface area contributed by atoms with E-state index in [1.54, 1.807) is 4.90 Å². The number of thiophene rings is 1. The van der Waals surface area contributed by atoms with Crippen molar-refractivity contribution in [1.29, 1.82) is 0 Å². The number of fused-ring (bicyclic) bond motifs is 1. The molecule has 0 aromatic carbocycles. The maximum absolute atomic E-state index is 13.1. The van der Waals surface area contributed by atoms with E-state index in [0.717, 1.165) is 40.7 Å². The molecule has 0 bridgehead atoms. The van der Waals surface area contributed by atoms with Crippen LogP contribution < -0.4 is 5.32 Å². The number of ether oxygens (including phenoxy) is 1. The van der Waals surface area contributed by atoms with Crippen LogP contribution in [0.2, 0.25) is 0 Å². The smallest absolute Gasteiger partial charge is 0.266 e. The minimum absolute atomic E-state index is 0.0203. The summed E-state index contributed by atoms with van der Waals surface area (Å²) in [4.78, 5) is 33.5. The van der Waals surface area contributed by atoms with Gasteiger partial charge in [0.05, 0.1) is 18.9 Å². The van der Waals surface area contributed by atoms with E-state index in [-0.39, 0.29) is 17.7 Å². The molecule has 2 amide bonds. The van der Waals surface area contributed by atoms with Gasteiger partial charge < -0.3 is 15.0 Å². The zero-order valence-electron chi connectivity index (χ0n) is 15.1. The van der Waals surface area contributed by atoms with Gasteiger partial charge >= 0.3 is 0 Å². The second-order valence-corrected chi connectivity index (χ2v) is 8.09. The minimum atomic E-state index is -0.0442. The van der Waals surface area contributed by atoms with Crippen LogP contribution >= 0.6 is 11.3 Å². The molecule has 1 aliphatic carbocycles. The fraction of sp³-hybridized carbons (Fsp3) is 0.526. The van der Waals surface area contributed by atoms with Crippen LogP contribution in [0.3, 0.4) is 0 Å². The summed E-state index contributed by atoms with van der Waals surface area (Å²) in [6, 6.07) is 2.00. The van der Waals surface area contributed by atoms with Crippen molar-refractivity contribution >= 4 is 39.1 Å². The largest absolute Gasteiger partial charge is 0.378 e. The molecular weight excluding hydrogens is 350 g/mol. The maximum Gasteiger partial charge on any atom is 0.266 e. The molecule has 3 heterocycles. The summed E-state index contributed by atoms with van der Waals surface area (Å²) in [6.07, 6.45) is 2.95. The first-order valence-electron chi connectivity index (χ1n) is 9.13. The highest BCUT2D eigenvalue weighted by Gasteiger charge is 2.30. The van der Waals surface area contributed by atoms with Gasteiger partial charge in [0.2, 0.25) is 5.91 Å². The molecule has 1 saturated heterocycles. The number of aryl methyl sites for hydroxylation is 2. The number of rotatable bonds is 3. The third-order valence-corrected chi connectivity index (χ3v) is 6.28. The Labute approximate surface area is 156 Å². The van der Waals surface area contributed by atoms with E-state index in [9.17, 15) is 9.59 Å². The van der Waals surface area contributed by atoms with Crippen molar-refractivity contribution in [2.24, 2.45) is 5.92 Å². The number of amides is 2. The lowest BCUT2D eigenvalue weighted by Crippen LogP contribution is -2.40. The lowest BCUT2D eigenvalue weighted by molar-refractivity contribution is -0.122. The van der Waals surface area contributed by atoms with Crippen LogP contribution in [0, 0.1) is 19.8 Å². The van der Waals surface area contributed by atoms with Crippen LogP contribution in [0.15, 0.2) is 6.07 Å². The normalized spacial score (nSPS) is 18.0. The highest BCUT2D eigenvalue weighted by molar-refractivity contribution is 7.21. The third-order valence-electron chi connectivity index (χ3n) is 5.20. The van der Waals surface area contributed by atoms with E-state index in [2.05, 4.69) is 10.3 Å². The summed E-state index contributed by atoms with van der Waals surface area (Å²) >= 11 is 1.38. The Hall–Kier alpha value is -1.99. The summed E-state index contributed by atoms with van der Waals surface area (Å²) in [7, 11) is 0. The fourth-order valence-electron chi connectivity index (χ4n) is 3.52. The van der Waals surface area contributed by atoms with Crippen LogP contribution in [-0.4, -0.2) is 48.0 Å². The van der Waals surface area contributed by atoms with Gasteiger partial charge in [0.15, 0.2) is 0 Å². The molecule has 1 saturated carbocycles. The number of morpholine rings is 1. The van der Waals surface area contributed by atoms with E-state index in [4.69, 9.17) is 4.74 Å². The summed E-state index contributed by atoms with van der Waals surface area (Å²) in [5.74, 6) is 0.0409. The van der Waals surface area contributed by atoms with Gasteiger partial charge in [-0.1, -0.05) is 6.42 Å². The third kappa shape index (κ3) is 3.10. The maximum atomic E-state index is 13.1. The monoisotopic (exact) mass is 373 g/mol. The molecule has 0 atom stereocenters. The van der Waals surface area contributed by atoms with Crippen molar-refractivity contribution in [2.45, 2.75) is 33.1 Å². The van der Waals surface area contributed by atoms with E-state index in [1.165, 1.54) is 11.3 Å². The summed E-state index contributed by atoms with van der Waals surface area (Å²) in [6.45, 7) is 6.21. The number of hydrogen-bond acceptors (Lipinski definition) is 5. The predicted molar refractivity (Wildman–Crippen MR) is 102 cm³/mol. The fourth-order valence-corrected chi connectivity index (χ4v) is 4.74. The van der Waals surface area contributed by atoms with Crippen molar-refractivity contribution in [1.82, 2.24) is 9.88 Å². The topological polar surface area (TPSA) is 71.5 Å². The van der Waals surface area contributed by atoms with Crippen LogP contribution in [-0.2, 0) is 9.53 Å². The van der Waals surface area contributed by atoms with Crippen LogP contribution in [0.4, 0.5) is 5.69 Å². The van der Waals surface area contributed by atoms with Crippen molar-refractivity contribution in [3.63, 3.8) is 0 Å². The van der Waals surface area contributed by atoms with Gasteiger partial charge in [-0.15, -0.1) is 11.3 Å². The molecule has 26 heavy (non-hydrogen) atoms. The van der Waals surface area contributed by atoms with E-state index >= 15 is 0 Å². The SMILES string of the molecule is Cc1cc(C)c2c(NC(=O)C3CCC3)c(C(=O)N3CCOCC3)sc2n1. The number of hydrogen-bond donors (Lipinski definition) is 1. The zero-order valence-corrected chi connectivity index (χ0v) is 15.9. The lowest BCUT2D eigenvalue weighted by Gasteiger charge is -2.27. The molecule has 138 valence electrons. The molecule has 0 spiro atoms. The Morgan fingerprint density at radius 1 is 1.27 bits per heavy atom. The highest BCUT2D eigenvalue weighted by atomic mass is 32.1. The van der Waals surface area contributed by atoms with Gasteiger partial charge in [-0.2, -0.15) is 0 Å². The average molecular weight is 373 g/mol. The standard InChI is InChI=1S/C19H23N3O3S/c1-11-10-12(2)20-18-14(11)15(21-17(23)13-4-3-5-13)16(26-18)19(24)22-6-8-25-9-7-22/h10,13H,3-9H2,1-2H3,(H,21,23). The molecule has 1 N–H and O–H groups in total. The number of nitrogens with one attached hydrogen (secondary N) is 1. The average Bonchev–Trinajstić information content (AvgIpc) is 2.91. The van der Waals surface area contributed by atoms with Crippen LogP contribution in [0.1, 0.15) is 40.2 Å². The van der Waals surface area contributed by atoms with Gasteiger partial charge in [0.25, 0.3) is 5.91 Å². The first kappa shape index (κ1) is 17.4. The molecule has 6 nitrogen and oxygen atoms in total. The number of anilines is 1. The quantitative estimate of drug-likeness (QED) is 0.897. The molecule has 2 aliphatic rings. The Kier molecular flexibility index (Phi) is 4.67. The Morgan fingerprint density at radius 3 is 2.65 bits per heavy atom. The van der Waals surface area contributed by atoms with E-state index < -0.39 is 0 Å².